The van der Waals surface area contributed by atoms with Crippen LogP contribution in [0.3, 0.4) is 0 Å². The molecule has 26 heavy (non-hydrogen) atoms. The summed E-state index contributed by atoms with van der Waals surface area (Å²) in [5, 5.41) is 4.70. The Bertz CT molecular complexity index is 1080. The van der Waals surface area contributed by atoms with Crippen molar-refractivity contribution in [3.8, 4) is 11.5 Å². The molecule has 0 fully saturated rings. The van der Waals surface area contributed by atoms with Crippen LogP contribution in [0.25, 0.3) is 21.5 Å². The zero-order valence-corrected chi connectivity index (χ0v) is 15.2. The predicted molar refractivity (Wildman–Crippen MR) is 106 cm³/mol. The van der Waals surface area contributed by atoms with Gasteiger partial charge < -0.3 is 9.47 Å². The molecule has 4 rings (SSSR count). The Kier molecular flexibility index (Phi) is 4.21. The lowest BCUT2D eigenvalue weighted by Gasteiger charge is -2.17. The molecule has 0 aliphatic carbocycles. The van der Waals surface area contributed by atoms with E-state index >= 15 is 0 Å². The minimum absolute atomic E-state index is 0.155. The van der Waals surface area contributed by atoms with Crippen LogP contribution in [0.1, 0.15) is 24.1 Å². The molecule has 0 spiro atoms. The van der Waals surface area contributed by atoms with E-state index in [2.05, 4.69) is 49.4 Å². The molecule has 0 radical (unpaired) electrons. The number of pyridine rings is 1. The number of nitrogens with zero attached hydrogens (tertiary/aromatic N) is 1. The van der Waals surface area contributed by atoms with Crippen molar-refractivity contribution in [3.05, 3.63) is 78.1 Å². The van der Waals surface area contributed by atoms with E-state index in [4.69, 9.17) is 14.5 Å². The third kappa shape index (κ3) is 2.66. The first kappa shape index (κ1) is 16.4. The van der Waals surface area contributed by atoms with Crippen LogP contribution in [-0.2, 0) is 0 Å². The van der Waals surface area contributed by atoms with Gasteiger partial charge in [0.25, 0.3) is 0 Å². The smallest absolute Gasteiger partial charge is 0.161 e. The third-order valence-electron chi connectivity index (χ3n) is 5.00. The second-order valence-corrected chi connectivity index (χ2v) is 6.41. The van der Waals surface area contributed by atoms with Crippen LogP contribution in [0.2, 0.25) is 0 Å². The lowest BCUT2D eigenvalue weighted by Crippen LogP contribution is -2.02. The van der Waals surface area contributed by atoms with Gasteiger partial charge in [0.05, 0.1) is 19.9 Å². The average molecular weight is 343 g/mol. The molecule has 0 aliphatic rings. The molecule has 3 aromatic carbocycles. The summed E-state index contributed by atoms with van der Waals surface area (Å²) in [6, 6.07) is 21.0. The molecular formula is C23H21NO2. The van der Waals surface area contributed by atoms with E-state index in [0.29, 0.717) is 0 Å². The van der Waals surface area contributed by atoms with E-state index < -0.39 is 0 Å². The molecule has 0 bridgehead atoms. The topological polar surface area (TPSA) is 31.4 Å². The molecule has 3 nitrogen and oxygen atoms in total. The first-order chi connectivity index (χ1) is 12.7. The van der Waals surface area contributed by atoms with Gasteiger partial charge in [0.15, 0.2) is 11.5 Å². The van der Waals surface area contributed by atoms with Crippen LogP contribution in [-0.4, -0.2) is 19.2 Å². The summed E-state index contributed by atoms with van der Waals surface area (Å²) in [7, 11) is 3.32. The maximum atomic E-state index is 5.50. The first-order valence-electron chi connectivity index (χ1n) is 8.71. The monoisotopic (exact) mass is 343 g/mol. The Morgan fingerprint density at radius 1 is 0.769 bits per heavy atom. The Morgan fingerprint density at radius 2 is 1.50 bits per heavy atom. The van der Waals surface area contributed by atoms with Crippen molar-refractivity contribution in [1.82, 2.24) is 4.98 Å². The van der Waals surface area contributed by atoms with E-state index in [9.17, 15) is 0 Å². The zero-order valence-electron chi connectivity index (χ0n) is 15.2. The Balaban J connectivity index is 1.93. The maximum absolute atomic E-state index is 5.50. The summed E-state index contributed by atoms with van der Waals surface area (Å²) in [4.78, 5) is 4.72. The number of methoxy groups -OCH3 is 2. The van der Waals surface area contributed by atoms with Crippen molar-refractivity contribution >= 4 is 21.5 Å². The van der Waals surface area contributed by atoms with Crippen molar-refractivity contribution in [2.75, 3.05) is 14.2 Å². The van der Waals surface area contributed by atoms with Crippen LogP contribution in [0.15, 0.2) is 66.9 Å². The highest BCUT2D eigenvalue weighted by Gasteiger charge is 2.17. The molecule has 4 aromatic rings. The summed E-state index contributed by atoms with van der Waals surface area (Å²) in [5.74, 6) is 1.61. The fourth-order valence-corrected chi connectivity index (χ4v) is 3.64. The summed E-state index contributed by atoms with van der Waals surface area (Å²) in [5.41, 5.74) is 2.32. The number of ether oxygens (including phenoxy) is 2. The van der Waals surface area contributed by atoms with Crippen LogP contribution in [0.4, 0.5) is 0 Å². The lowest BCUT2D eigenvalue weighted by molar-refractivity contribution is 0.356. The van der Waals surface area contributed by atoms with Crippen molar-refractivity contribution < 1.29 is 9.47 Å². The SMILES string of the molecule is COc1cc2ccnc(C(C)c3cccc4ccccc34)c2cc1OC. The number of benzene rings is 3. The molecule has 1 aromatic heterocycles. The zero-order chi connectivity index (χ0) is 18.1. The Labute approximate surface area is 153 Å². The van der Waals surface area contributed by atoms with Gasteiger partial charge >= 0.3 is 0 Å². The summed E-state index contributed by atoms with van der Waals surface area (Å²) < 4.78 is 10.9. The van der Waals surface area contributed by atoms with Gasteiger partial charge in [0, 0.05) is 17.5 Å². The molecule has 3 heteroatoms. The second kappa shape index (κ2) is 6.68. The highest BCUT2D eigenvalue weighted by Crippen LogP contribution is 2.37. The quantitative estimate of drug-likeness (QED) is 0.486. The van der Waals surface area contributed by atoms with Gasteiger partial charge in [-0.3, -0.25) is 4.98 Å². The number of hydrogen-bond donors (Lipinski definition) is 0. The molecule has 0 amide bonds. The van der Waals surface area contributed by atoms with E-state index in [0.717, 1.165) is 28.0 Å². The number of aromatic nitrogens is 1. The largest absolute Gasteiger partial charge is 0.493 e. The van der Waals surface area contributed by atoms with Crippen LogP contribution in [0.5, 0.6) is 11.5 Å². The number of rotatable bonds is 4. The first-order valence-corrected chi connectivity index (χ1v) is 8.71. The van der Waals surface area contributed by atoms with Crippen molar-refractivity contribution in [2.24, 2.45) is 0 Å². The van der Waals surface area contributed by atoms with E-state index in [1.807, 2.05) is 24.4 Å². The van der Waals surface area contributed by atoms with E-state index in [-0.39, 0.29) is 5.92 Å². The lowest BCUT2D eigenvalue weighted by atomic mass is 9.90. The molecule has 1 atom stereocenters. The minimum Gasteiger partial charge on any atom is -0.493 e. The van der Waals surface area contributed by atoms with Crippen molar-refractivity contribution in [3.63, 3.8) is 0 Å². The fraction of sp³-hybridized carbons (Fsp3) is 0.174. The molecule has 1 heterocycles. The maximum Gasteiger partial charge on any atom is 0.161 e. The molecule has 0 saturated heterocycles. The molecule has 0 N–H and O–H groups in total. The average Bonchev–Trinajstić information content (AvgIpc) is 2.71. The highest BCUT2D eigenvalue weighted by atomic mass is 16.5. The van der Waals surface area contributed by atoms with Crippen LogP contribution < -0.4 is 9.47 Å². The van der Waals surface area contributed by atoms with Crippen molar-refractivity contribution in [1.29, 1.82) is 0 Å². The van der Waals surface area contributed by atoms with Gasteiger partial charge in [0.1, 0.15) is 0 Å². The Hall–Kier alpha value is -3.07. The second-order valence-electron chi connectivity index (χ2n) is 6.41. The molecule has 0 saturated carbocycles. The van der Waals surface area contributed by atoms with Crippen LogP contribution >= 0.6 is 0 Å². The Morgan fingerprint density at radius 3 is 2.31 bits per heavy atom. The van der Waals surface area contributed by atoms with Gasteiger partial charge in [-0.2, -0.15) is 0 Å². The standard InChI is InChI=1S/C23H21NO2/c1-15(18-10-6-8-16-7-4-5-9-19(16)18)23-20-14-22(26-3)21(25-2)13-17(20)11-12-24-23/h4-15H,1-3H3. The molecular weight excluding hydrogens is 322 g/mol. The van der Waals surface area contributed by atoms with Gasteiger partial charge in [-0.25, -0.2) is 0 Å². The molecule has 130 valence electrons. The highest BCUT2D eigenvalue weighted by molar-refractivity contribution is 5.90. The predicted octanol–water partition coefficient (Wildman–Crippen LogP) is 5.56. The van der Waals surface area contributed by atoms with Gasteiger partial charge in [-0.1, -0.05) is 49.4 Å². The number of hydrogen-bond acceptors (Lipinski definition) is 3. The van der Waals surface area contributed by atoms with Gasteiger partial charge in [0.2, 0.25) is 0 Å². The fourth-order valence-electron chi connectivity index (χ4n) is 3.64. The third-order valence-corrected chi connectivity index (χ3v) is 5.00. The van der Waals surface area contributed by atoms with Gasteiger partial charge in [-0.15, -0.1) is 0 Å². The van der Waals surface area contributed by atoms with E-state index in [1.54, 1.807) is 14.2 Å². The molecule has 1 unspecified atom stereocenters. The summed E-state index contributed by atoms with van der Waals surface area (Å²) in [6.45, 7) is 2.21. The van der Waals surface area contributed by atoms with Crippen molar-refractivity contribution in [2.45, 2.75) is 12.8 Å². The summed E-state index contributed by atoms with van der Waals surface area (Å²) >= 11 is 0. The normalized spacial score (nSPS) is 12.3. The number of fused-ring (bicyclic) bond motifs is 2. The summed E-state index contributed by atoms with van der Waals surface area (Å²) in [6.07, 6.45) is 1.87. The van der Waals surface area contributed by atoms with Gasteiger partial charge in [-0.05, 0) is 39.9 Å². The van der Waals surface area contributed by atoms with Crippen LogP contribution in [0, 0.1) is 0 Å². The molecule has 0 aliphatic heterocycles. The minimum atomic E-state index is 0.155. The van der Waals surface area contributed by atoms with E-state index in [1.165, 1.54) is 16.3 Å².